The van der Waals surface area contributed by atoms with Crippen LogP contribution in [-0.4, -0.2) is 53.7 Å². The molecule has 6 nitrogen and oxygen atoms in total. The van der Waals surface area contributed by atoms with E-state index in [2.05, 4.69) is 39.8 Å². The van der Waals surface area contributed by atoms with Crippen molar-refractivity contribution < 1.29 is 8.42 Å². The number of anilines is 1. The van der Waals surface area contributed by atoms with Crippen LogP contribution in [0.2, 0.25) is 0 Å². The van der Waals surface area contributed by atoms with Crippen molar-refractivity contribution in [2.45, 2.75) is 43.9 Å². The largest absolute Gasteiger partial charge is 0.340 e. The van der Waals surface area contributed by atoms with Crippen molar-refractivity contribution in [3.63, 3.8) is 0 Å². The van der Waals surface area contributed by atoms with E-state index in [4.69, 9.17) is 4.98 Å². The number of hydrogen-bond donors (Lipinski definition) is 0. The summed E-state index contributed by atoms with van der Waals surface area (Å²) in [4.78, 5) is 7.18. The van der Waals surface area contributed by atoms with Crippen molar-refractivity contribution in [1.82, 2.24) is 13.9 Å². The molecule has 5 rings (SSSR count). The topological polar surface area (TPSA) is 58.4 Å². The SMILES string of the molecule is O=S(=O)(C1CCCCC1)N1CCN(c2nc3ccccc3n2Cc2ccccc2)CC1. The van der Waals surface area contributed by atoms with Crippen LogP contribution < -0.4 is 4.90 Å². The molecule has 164 valence electrons. The van der Waals surface area contributed by atoms with Crippen molar-refractivity contribution in [1.29, 1.82) is 0 Å². The summed E-state index contributed by atoms with van der Waals surface area (Å²) in [5.41, 5.74) is 3.31. The molecule has 2 aliphatic rings. The lowest BCUT2D eigenvalue weighted by atomic mass is 10.0. The molecular formula is C24H30N4O2S. The van der Waals surface area contributed by atoms with Gasteiger partial charge in [0.25, 0.3) is 0 Å². The van der Waals surface area contributed by atoms with Gasteiger partial charge in [-0.15, -0.1) is 0 Å². The second kappa shape index (κ2) is 8.63. The highest BCUT2D eigenvalue weighted by Gasteiger charge is 2.35. The van der Waals surface area contributed by atoms with Crippen LogP contribution in [0.15, 0.2) is 54.6 Å². The van der Waals surface area contributed by atoms with E-state index in [0.717, 1.165) is 55.6 Å². The lowest BCUT2D eigenvalue weighted by molar-refractivity contribution is 0.364. The third-order valence-electron chi connectivity index (χ3n) is 6.67. The Morgan fingerprint density at radius 3 is 2.26 bits per heavy atom. The number of benzene rings is 2. The normalized spacial score (nSPS) is 19.2. The first-order chi connectivity index (χ1) is 15.1. The van der Waals surface area contributed by atoms with Crippen LogP contribution in [0.5, 0.6) is 0 Å². The van der Waals surface area contributed by atoms with Gasteiger partial charge in [-0.1, -0.05) is 61.7 Å². The summed E-state index contributed by atoms with van der Waals surface area (Å²) >= 11 is 0. The summed E-state index contributed by atoms with van der Waals surface area (Å²) in [6.07, 6.45) is 4.86. The van der Waals surface area contributed by atoms with Crippen LogP contribution in [0.25, 0.3) is 11.0 Å². The number of hydrogen-bond acceptors (Lipinski definition) is 4. The van der Waals surface area contributed by atoms with E-state index in [1.807, 2.05) is 24.3 Å². The van der Waals surface area contributed by atoms with Crippen LogP contribution >= 0.6 is 0 Å². The van der Waals surface area contributed by atoms with Crippen molar-refractivity contribution >= 4 is 27.0 Å². The Balaban J connectivity index is 1.38. The number of fused-ring (bicyclic) bond motifs is 1. The number of sulfonamides is 1. The first-order valence-electron chi connectivity index (χ1n) is 11.4. The molecule has 0 atom stereocenters. The van der Waals surface area contributed by atoms with Crippen molar-refractivity contribution in [2.24, 2.45) is 0 Å². The zero-order valence-corrected chi connectivity index (χ0v) is 18.7. The molecule has 1 aliphatic carbocycles. The standard InChI is InChI=1S/C24H30N4O2S/c29-31(30,21-11-5-2-6-12-21)27-17-15-26(16-18-27)24-25-22-13-7-8-14-23(22)28(24)19-20-9-3-1-4-10-20/h1,3-4,7-10,13-14,21H,2,5-6,11-12,15-19H2. The molecule has 0 unspecified atom stereocenters. The van der Waals surface area contributed by atoms with Gasteiger partial charge < -0.3 is 9.47 Å². The van der Waals surface area contributed by atoms with Gasteiger partial charge in [0.2, 0.25) is 16.0 Å². The molecule has 0 amide bonds. The van der Waals surface area contributed by atoms with E-state index in [-0.39, 0.29) is 5.25 Å². The van der Waals surface area contributed by atoms with Crippen LogP contribution in [0.1, 0.15) is 37.7 Å². The van der Waals surface area contributed by atoms with Crippen LogP contribution in [0.3, 0.4) is 0 Å². The van der Waals surface area contributed by atoms with Gasteiger partial charge in [0, 0.05) is 26.2 Å². The van der Waals surface area contributed by atoms with Crippen LogP contribution in [-0.2, 0) is 16.6 Å². The lowest BCUT2D eigenvalue weighted by Gasteiger charge is -2.37. The Morgan fingerprint density at radius 2 is 1.52 bits per heavy atom. The fraction of sp³-hybridized carbons (Fsp3) is 0.458. The number of nitrogens with zero attached hydrogens (tertiary/aromatic N) is 4. The quantitative estimate of drug-likeness (QED) is 0.607. The lowest BCUT2D eigenvalue weighted by Crippen LogP contribution is -2.52. The van der Waals surface area contributed by atoms with Crippen molar-refractivity contribution in [3.05, 3.63) is 60.2 Å². The van der Waals surface area contributed by atoms with Gasteiger partial charge in [0.1, 0.15) is 0 Å². The Morgan fingerprint density at radius 1 is 0.839 bits per heavy atom. The summed E-state index contributed by atoms with van der Waals surface area (Å²) in [6, 6.07) is 18.6. The number of piperazine rings is 1. The van der Waals surface area contributed by atoms with E-state index in [1.165, 1.54) is 5.56 Å². The van der Waals surface area contributed by atoms with E-state index >= 15 is 0 Å². The smallest absolute Gasteiger partial charge is 0.217 e. The van der Waals surface area contributed by atoms with Gasteiger partial charge in [-0.2, -0.15) is 4.31 Å². The zero-order chi connectivity index (χ0) is 21.3. The molecule has 0 spiro atoms. The minimum atomic E-state index is -3.19. The zero-order valence-electron chi connectivity index (χ0n) is 17.9. The maximum Gasteiger partial charge on any atom is 0.217 e. The van der Waals surface area contributed by atoms with Gasteiger partial charge >= 0.3 is 0 Å². The Labute approximate surface area is 184 Å². The van der Waals surface area contributed by atoms with Crippen LogP contribution in [0, 0.1) is 0 Å². The highest BCUT2D eigenvalue weighted by Crippen LogP contribution is 2.29. The van der Waals surface area contributed by atoms with E-state index in [9.17, 15) is 8.42 Å². The maximum absolute atomic E-state index is 13.1. The van der Waals surface area contributed by atoms with Crippen molar-refractivity contribution in [2.75, 3.05) is 31.1 Å². The molecule has 1 aliphatic heterocycles. The summed E-state index contributed by atoms with van der Waals surface area (Å²) in [6.45, 7) is 3.16. The Bertz CT molecular complexity index is 1130. The first kappa shape index (κ1) is 20.5. The number of imidazole rings is 1. The van der Waals surface area contributed by atoms with Gasteiger partial charge in [-0.05, 0) is 30.5 Å². The molecule has 1 aromatic heterocycles. The molecule has 0 radical (unpaired) electrons. The van der Waals surface area contributed by atoms with Gasteiger partial charge in [0.05, 0.1) is 22.8 Å². The predicted octanol–water partition coefficient (Wildman–Crippen LogP) is 3.87. The van der Waals surface area contributed by atoms with Crippen molar-refractivity contribution in [3.8, 4) is 0 Å². The molecule has 1 saturated heterocycles. The monoisotopic (exact) mass is 438 g/mol. The minimum absolute atomic E-state index is 0.185. The predicted molar refractivity (Wildman–Crippen MR) is 125 cm³/mol. The average Bonchev–Trinajstić information content (AvgIpc) is 3.19. The molecule has 7 heteroatoms. The summed E-state index contributed by atoms with van der Waals surface area (Å²) in [7, 11) is -3.19. The maximum atomic E-state index is 13.1. The van der Waals surface area contributed by atoms with Gasteiger partial charge in [0.15, 0.2) is 0 Å². The van der Waals surface area contributed by atoms with E-state index in [0.29, 0.717) is 26.2 Å². The van der Waals surface area contributed by atoms with E-state index < -0.39 is 10.0 Å². The molecule has 0 bridgehead atoms. The number of rotatable bonds is 5. The fourth-order valence-corrected chi connectivity index (χ4v) is 6.97. The highest BCUT2D eigenvalue weighted by molar-refractivity contribution is 7.89. The first-order valence-corrected chi connectivity index (χ1v) is 12.9. The molecule has 2 aromatic carbocycles. The average molecular weight is 439 g/mol. The summed E-state index contributed by atoms with van der Waals surface area (Å²) in [5.74, 6) is 0.930. The molecule has 2 heterocycles. The Hall–Kier alpha value is -2.38. The molecule has 2 fully saturated rings. The molecule has 0 N–H and O–H groups in total. The molecule has 1 saturated carbocycles. The second-order valence-electron chi connectivity index (χ2n) is 8.66. The number of para-hydroxylation sites is 2. The minimum Gasteiger partial charge on any atom is -0.340 e. The third kappa shape index (κ3) is 4.08. The van der Waals surface area contributed by atoms with Gasteiger partial charge in [-0.25, -0.2) is 13.4 Å². The third-order valence-corrected chi connectivity index (χ3v) is 9.07. The Kier molecular flexibility index (Phi) is 5.71. The van der Waals surface area contributed by atoms with Gasteiger partial charge in [-0.3, -0.25) is 0 Å². The second-order valence-corrected chi connectivity index (χ2v) is 10.9. The van der Waals surface area contributed by atoms with E-state index in [1.54, 1.807) is 4.31 Å². The number of aromatic nitrogens is 2. The molecule has 31 heavy (non-hydrogen) atoms. The van der Waals surface area contributed by atoms with Crippen LogP contribution in [0.4, 0.5) is 5.95 Å². The molecular weight excluding hydrogens is 408 g/mol. The summed E-state index contributed by atoms with van der Waals surface area (Å²) < 4.78 is 30.2. The fourth-order valence-electron chi connectivity index (χ4n) is 4.94. The molecule has 3 aromatic rings. The summed E-state index contributed by atoms with van der Waals surface area (Å²) in [5, 5.41) is -0.185. The highest BCUT2D eigenvalue weighted by atomic mass is 32.2.